The summed E-state index contributed by atoms with van der Waals surface area (Å²) in [5.41, 5.74) is 0. The third-order valence-electron chi connectivity index (χ3n) is 2.23. The maximum absolute atomic E-state index is 11.4. The Balaban J connectivity index is 2.49. The lowest BCUT2D eigenvalue weighted by Crippen LogP contribution is -2.43. The summed E-state index contributed by atoms with van der Waals surface area (Å²) >= 11 is 0. The summed E-state index contributed by atoms with van der Waals surface area (Å²) in [6, 6.07) is 0.588. The Morgan fingerprint density at radius 1 is 1.36 bits per heavy atom. The fraction of sp³-hybridized carbons (Fsp3) is 0.875. The van der Waals surface area contributed by atoms with E-state index < -0.39 is 9.52 Å². The SMILES string of the molecule is C=S1(=O)CCN(C(C)C)CC1. The zero-order valence-electron chi connectivity index (χ0n) is 7.38. The molecule has 0 bridgehead atoms. The zero-order chi connectivity index (χ0) is 8.48. The number of nitrogens with zero attached hydrogens (tertiary/aromatic N) is 1. The molecule has 0 spiro atoms. The van der Waals surface area contributed by atoms with Crippen LogP contribution in [0.2, 0.25) is 0 Å². The lowest BCUT2D eigenvalue weighted by molar-refractivity contribution is 0.243. The van der Waals surface area contributed by atoms with Crippen molar-refractivity contribution >= 4 is 15.4 Å². The Hall–Kier alpha value is -0.0200. The second kappa shape index (κ2) is 3.15. The average Bonchev–Trinajstić information content (AvgIpc) is 1.86. The summed E-state index contributed by atoms with van der Waals surface area (Å²) in [6.07, 6.45) is 0. The highest BCUT2D eigenvalue weighted by Crippen LogP contribution is 2.06. The van der Waals surface area contributed by atoms with Crippen LogP contribution in [0.5, 0.6) is 0 Å². The van der Waals surface area contributed by atoms with E-state index in [1.54, 1.807) is 0 Å². The number of hydrogen-bond donors (Lipinski definition) is 0. The summed E-state index contributed by atoms with van der Waals surface area (Å²) in [6.45, 7) is 6.27. The maximum atomic E-state index is 11.4. The van der Waals surface area contributed by atoms with Gasteiger partial charge in [0.2, 0.25) is 0 Å². The first-order valence-corrected chi connectivity index (χ1v) is 6.14. The van der Waals surface area contributed by atoms with Crippen LogP contribution in [-0.2, 0) is 9.52 Å². The van der Waals surface area contributed by atoms with Crippen LogP contribution in [-0.4, -0.2) is 45.6 Å². The van der Waals surface area contributed by atoms with Gasteiger partial charge in [-0.25, -0.2) is 0 Å². The van der Waals surface area contributed by atoms with Crippen molar-refractivity contribution in [2.45, 2.75) is 19.9 Å². The largest absolute Gasteiger partial charge is 0.299 e. The van der Waals surface area contributed by atoms with Crippen molar-refractivity contribution < 1.29 is 4.21 Å². The van der Waals surface area contributed by atoms with Crippen LogP contribution < -0.4 is 0 Å². The van der Waals surface area contributed by atoms with Crippen LogP contribution in [0.3, 0.4) is 0 Å². The molecule has 3 heteroatoms. The second-order valence-corrected chi connectivity index (χ2v) is 6.25. The highest BCUT2D eigenvalue weighted by Gasteiger charge is 2.18. The van der Waals surface area contributed by atoms with Crippen molar-refractivity contribution in [2.75, 3.05) is 24.6 Å². The van der Waals surface area contributed by atoms with Crippen LogP contribution in [0, 0.1) is 0 Å². The molecule has 66 valence electrons. The minimum absolute atomic E-state index is 0.588. The maximum Gasteiger partial charge on any atom is 0.0287 e. The van der Waals surface area contributed by atoms with Gasteiger partial charge in [-0.05, 0) is 29.2 Å². The van der Waals surface area contributed by atoms with E-state index in [0.29, 0.717) is 6.04 Å². The first-order chi connectivity index (χ1) is 5.01. The first kappa shape index (κ1) is 9.07. The summed E-state index contributed by atoms with van der Waals surface area (Å²) in [4.78, 5) is 2.36. The molecule has 1 aliphatic heterocycles. The number of rotatable bonds is 1. The van der Waals surface area contributed by atoms with E-state index in [1.165, 1.54) is 0 Å². The molecule has 0 aromatic carbocycles. The molecule has 0 radical (unpaired) electrons. The predicted octanol–water partition coefficient (Wildman–Crippen LogP) is 0.427. The van der Waals surface area contributed by atoms with E-state index in [1.807, 2.05) is 0 Å². The van der Waals surface area contributed by atoms with Gasteiger partial charge in [-0.1, -0.05) is 0 Å². The molecule has 0 aromatic heterocycles. The Morgan fingerprint density at radius 3 is 2.18 bits per heavy atom. The van der Waals surface area contributed by atoms with Gasteiger partial charge in [0.15, 0.2) is 0 Å². The molecular weight excluding hydrogens is 158 g/mol. The van der Waals surface area contributed by atoms with Gasteiger partial charge in [0.1, 0.15) is 0 Å². The number of hydrogen-bond acceptors (Lipinski definition) is 2. The van der Waals surface area contributed by atoms with Gasteiger partial charge < -0.3 is 0 Å². The molecule has 0 saturated carbocycles. The van der Waals surface area contributed by atoms with Gasteiger partial charge in [-0.15, -0.1) is 0 Å². The van der Waals surface area contributed by atoms with E-state index in [9.17, 15) is 4.21 Å². The predicted molar refractivity (Wildman–Crippen MR) is 51.7 cm³/mol. The average molecular weight is 175 g/mol. The summed E-state index contributed by atoms with van der Waals surface area (Å²) in [5.74, 6) is 5.29. The van der Waals surface area contributed by atoms with E-state index in [-0.39, 0.29) is 0 Å². The first-order valence-electron chi connectivity index (χ1n) is 4.08. The standard InChI is InChI=1S/C8H17NOS/c1-8(2)9-4-6-11(3,10)7-5-9/h8H,3-7H2,1-2H3. The fourth-order valence-corrected chi connectivity index (χ4v) is 2.64. The van der Waals surface area contributed by atoms with Crippen LogP contribution in [0.15, 0.2) is 0 Å². The second-order valence-electron chi connectivity index (χ2n) is 3.50. The van der Waals surface area contributed by atoms with Gasteiger partial charge in [0.25, 0.3) is 0 Å². The summed E-state index contributed by atoms with van der Waals surface area (Å²) in [7, 11) is -1.69. The van der Waals surface area contributed by atoms with Gasteiger partial charge >= 0.3 is 0 Å². The van der Waals surface area contributed by atoms with Crippen molar-refractivity contribution in [3.05, 3.63) is 0 Å². The van der Waals surface area contributed by atoms with E-state index >= 15 is 0 Å². The lowest BCUT2D eigenvalue weighted by atomic mass is 10.3. The van der Waals surface area contributed by atoms with Crippen LogP contribution >= 0.6 is 0 Å². The van der Waals surface area contributed by atoms with Gasteiger partial charge in [0.05, 0.1) is 0 Å². The van der Waals surface area contributed by atoms with Crippen molar-refractivity contribution in [1.29, 1.82) is 0 Å². The van der Waals surface area contributed by atoms with Crippen molar-refractivity contribution in [3.8, 4) is 0 Å². The molecular formula is C8H17NOS. The highest BCUT2D eigenvalue weighted by molar-refractivity contribution is 8.00. The molecule has 1 aliphatic rings. The molecule has 11 heavy (non-hydrogen) atoms. The van der Waals surface area contributed by atoms with Gasteiger partial charge in [-0.2, -0.15) is 0 Å². The van der Waals surface area contributed by atoms with Crippen molar-refractivity contribution in [1.82, 2.24) is 4.90 Å². The van der Waals surface area contributed by atoms with Crippen molar-refractivity contribution in [3.63, 3.8) is 0 Å². The normalized spacial score (nSPS) is 25.7. The third kappa shape index (κ3) is 2.49. The molecule has 0 N–H and O–H groups in total. The molecule has 0 aliphatic carbocycles. The smallest absolute Gasteiger partial charge is 0.0287 e. The molecule has 0 amide bonds. The molecule has 1 saturated heterocycles. The quantitative estimate of drug-likeness (QED) is 0.539. The summed E-state index contributed by atoms with van der Waals surface area (Å²) in [5, 5.41) is 0. The minimum Gasteiger partial charge on any atom is -0.299 e. The molecule has 1 heterocycles. The minimum atomic E-state index is -1.69. The van der Waals surface area contributed by atoms with Crippen molar-refractivity contribution in [2.24, 2.45) is 0 Å². The Kier molecular flexibility index (Phi) is 2.60. The van der Waals surface area contributed by atoms with Crippen LogP contribution in [0.25, 0.3) is 0 Å². The Morgan fingerprint density at radius 2 is 1.82 bits per heavy atom. The van der Waals surface area contributed by atoms with Crippen LogP contribution in [0.1, 0.15) is 13.8 Å². The van der Waals surface area contributed by atoms with Gasteiger partial charge in [-0.3, -0.25) is 9.11 Å². The highest BCUT2D eigenvalue weighted by atomic mass is 32.2. The van der Waals surface area contributed by atoms with E-state index in [4.69, 9.17) is 0 Å². The molecule has 2 nitrogen and oxygen atoms in total. The van der Waals surface area contributed by atoms with Gasteiger partial charge in [0, 0.05) is 30.6 Å². The van der Waals surface area contributed by atoms with E-state index in [0.717, 1.165) is 24.6 Å². The Labute approximate surface area is 69.6 Å². The zero-order valence-corrected chi connectivity index (χ0v) is 8.19. The third-order valence-corrected chi connectivity index (χ3v) is 4.08. The molecule has 1 rings (SSSR count). The fourth-order valence-electron chi connectivity index (χ4n) is 1.30. The Bertz CT molecular complexity index is 204. The molecule has 0 atom stereocenters. The molecule has 1 fully saturated rings. The molecule has 0 unspecified atom stereocenters. The molecule has 0 aromatic rings. The monoisotopic (exact) mass is 175 g/mol. The summed E-state index contributed by atoms with van der Waals surface area (Å²) < 4.78 is 11.4. The van der Waals surface area contributed by atoms with Crippen LogP contribution in [0.4, 0.5) is 0 Å². The van der Waals surface area contributed by atoms with E-state index in [2.05, 4.69) is 24.6 Å². The lowest BCUT2D eigenvalue weighted by Gasteiger charge is -2.31. The topological polar surface area (TPSA) is 20.3 Å².